The highest BCUT2D eigenvalue weighted by Crippen LogP contribution is 2.29. The van der Waals surface area contributed by atoms with E-state index in [1.54, 1.807) is 6.20 Å². The van der Waals surface area contributed by atoms with Crippen molar-refractivity contribution < 1.29 is 0 Å². The summed E-state index contributed by atoms with van der Waals surface area (Å²) in [7, 11) is 0. The Kier molecular flexibility index (Phi) is 2.84. The summed E-state index contributed by atoms with van der Waals surface area (Å²) in [4.78, 5) is 11.1. The summed E-state index contributed by atoms with van der Waals surface area (Å²) >= 11 is 0. The number of aryl methyl sites for hydroxylation is 2. The summed E-state index contributed by atoms with van der Waals surface area (Å²) < 4.78 is 0. The van der Waals surface area contributed by atoms with Crippen LogP contribution in [0, 0.1) is 13.8 Å². The molecule has 0 atom stereocenters. The molecule has 2 heterocycles. The second-order valence-corrected chi connectivity index (χ2v) is 4.89. The Morgan fingerprint density at radius 2 is 2.12 bits per heavy atom. The lowest BCUT2D eigenvalue weighted by Gasteiger charge is -2.48. The van der Waals surface area contributed by atoms with Gasteiger partial charge in [-0.25, -0.2) is 4.98 Å². The summed E-state index contributed by atoms with van der Waals surface area (Å²) in [5.41, 5.74) is 8.19. The Morgan fingerprint density at radius 3 is 2.75 bits per heavy atom. The third-order valence-corrected chi connectivity index (χ3v) is 3.11. The van der Waals surface area contributed by atoms with Gasteiger partial charge in [0.05, 0.1) is 16.9 Å². The second-order valence-electron chi connectivity index (χ2n) is 4.89. The molecule has 4 nitrogen and oxygen atoms in total. The smallest absolute Gasteiger partial charge is 0.150 e. The fourth-order valence-corrected chi connectivity index (χ4v) is 2.34. The quantitative estimate of drug-likeness (QED) is 0.837. The van der Waals surface area contributed by atoms with Crippen LogP contribution in [0.3, 0.4) is 0 Å². The van der Waals surface area contributed by atoms with Crippen LogP contribution in [-0.4, -0.2) is 28.6 Å². The van der Waals surface area contributed by atoms with Crippen molar-refractivity contribution in [3.8, 4) is 0 Å². The monoisotopic (exact) mass is 220 g/mol. The average Bonchev–Trinajstić information content (AvgIpc) is 2.18. The van der Waals surface area contributed by atoms with Crippen LogP contribution >= 0.6 is 0 Å². The van der Waals surface area contributed by atoms with Gasteiger partial charge < -0.3 is 10.6 Å². The van der Waals surface area contributed by atoms with Gasteiger partial charge in [0.2, 0.25) is 0 Å². The lowest BCUT2D eigenvalue weighted by Crippen LogP contribution is -2.67. The molecule has 1 aliphatic heterocycles. The molecule has 1 aliphatic rings. The maximum Gasteiger partial charge on any atom is 0.150 e. The molecule has 0 spiro atoms. The number of anilines is 1. The molecule has 2 N–H and O–H groups in total. The van der Waals surface area contributed by atoms with Gasteiger partial charge in [-0.3, -0.25) is 4.98 Å². The first-order valence-corrected chi connectivity index (χ1v) is 5.88. The van der Waals surface area contributed by atoms with Gasteiger partial charge in [-0.15, -0.1) is 0 Å². The van der Waals surface area contributed by atoms with Gasteiger partial charge in [0.1, 0.15) is 5.82 Å². The van der Waals surface area contributed by atoms with Crippen molar-refractivity contribution in [2.75, 3.05) is 18.0 Å². The van der Waals surface area contributed by atoms with E-state index in [1.165, 1.54) is 0 Å². The third-order valence-electron chi connectivity index (χ3n) is 3.11. The largest absolute Gasteiger partial charge is 0.351 e. The van der Waals surface area contributed by atoms with E-state index in [1.807, 2.05) is 13.8 Å². The summed E-state index contributed by atoms with van der Waals surface area (Å²) in [6, 6.07) is 0. The lowest BCUT2D eigenvalue weighted by atomic mass is 9.86. The first kappa shape index (κ1) is 11.3. The lowest BCUT2D eigenvalue weighted by molar-refractivity contribution is 0.305. The molecule has 2 rings (SSSR count). The first-order valence-electron chi connectivity index (χ1n) is 5.88. The van der Waals surface area contributed by atoms with E-state index in [4.69, 9.17) is 5.73 Å². The second kappa shape index (κ2) is 4.01. The highest BCUT2D eigenvalue weighted by molar-refractivity contribution is 5.48. The van der Waals surface area contributed by atoms with Crippen LogP contribution in [0.5, 0.6) is 0 Å². The highest BCUT2D eigenvalue weighted by atomic mass is 15.3. The SMILES string of the molecule is CCCC1(N)CN(c2nc(C)cnc2C)C1. The minimum absolute atomic E-state index is 0.00733. The van der Waals surface area contributed by atoms with Crippen molar-refractivity contribution in [3.05, 3.63) is 17.6 Å². The zero-order valence-corrected chi connectivity index (χ0v) is 10.3. The van der Waals surface area contributed by atoms with Crippen LogP contribution in [0.1, 0.15) is 31.2 Å². The van der Waals surface area contributed by atoms with Gasteiger partial charge in [-0.05, 0) is 20.3 Å². The molecule has 1 aromatic heterocycles. The molecule has 0 saturated carbocycles. The molecule has 1 saturated heterocycles. The number of hydrogen-bond donors (Lipinski definition) is 1. The van der Waals surface area contributed by atoms with E-state index >= 15 is 0 Å². The molecule has 0 bridgehead atoms. The van der Waals surface area contributed by atoms with E-state index in [0.717, 1.165) is 43.1 Å². The van der Waals surface area contributed by atoms with Gasteiger partial charge in [-0.1, -0.05) is 13.3 Å². The molecular weight excluding hydrogens is 200 g/mol. The van der Waals surface area contributed by atoms with E-state index in [0.29, 0.717) is 0 Å². The van der Waals surface area contributed by atoms with E-state index in [9.17, 15) is 0 Å². The van der Waals surface area contributed by atoms with Gasteiger partial charge in [0, 0.05) is 19.3 Å². The average molecular weight is 220 g/mol. The highest BCUT2D eigenvalue weighted by Gasteiger charge is 2.39. The Labute approximate surface area is 96.9 Å². The van der Waals surface area contributed by atoms with Gasteiger partial charge >= 0.3 is 0 Å². The fourth-order valence-electron chi connectivity index (χ4n) is 2.34. The predicted octanol–water partition coefficient (Wildman–Crippen LogP) is 1.41. The van der Waals surface area contributed by atoms with Crippen LogP contribution < -0.4 is 10.6 Å². The molecular formula is C12H20N4. The van der Waals surface area contributed by atoms with Crippen molar-refractivity contribution in [1.82, 2.24) is 9.97 Å². The van der Waals surface area contributed by atoms with Crippen LogP contribution in [0.15, 0.2) is 6.20 Å². The third kappa shape index (κ3) is 2.02. The normalized spacial score (nSPS) is 18.4. The molecule has 0 aromatic carbocycles. The molecule has 0 unspecified atom stereocenters. The predicted molar refractivity (Wildman–Crippen MR) is 65.5 cm³/mol. The Hall–Kier alpha value is -1.16. The number of rotatable bonds is 3. The number of nitrogens with two attached hydrogens (primary N) is 1. The molecule has 1 fully saturated rings. The van der Waals surface area contributed by atoms with E-state index < -0.39 is 0 Å². The molecule has 16 heavy (non-hydrogen) atoms. The first-order chi connectivity index (χ1) is 7.54. The summed E-state index contributed by atoms with van der Waals surface area (Å²) in [6.07, 6.45) is 4.03. The summed E-state index contributed by atoms with van der Waals surface area (Å²) in [6.45, 7) is 7.95. The molecule has 0 radical (unpaired) electrons. The maximum atomic E-state index is 6.24. The number of hydrogen-bond acceptors (Lipinski definition) is 4. The summed E-state index contributed by atoms with van der Waals surface area (Å²) in [5, 5.41) is 0. The van der Waals surface area contributed by atoms with Crippen molar-refractivity contribution in [1.29, 1.82) is 0 Å². The minimum atomic E-state index is -0.00733. The molecule has 88 valence electrons. The molecule has 0 aliphatic carbocycles. The number of aromatic nitrogens is 2. The van der Waals surface area contributed by atoms with E-state index in [2.05, 4.69) is 21.8 Å². The molecule has 0 amide bonds. The molecule has 4 heteroatoms. The zero-order valence-electron chi connectivity index (χ0n) is 10.3. The van der Waals surface area contributed by atoms with E-state index in [-0.39, 0.29) is 5.54 Å². The van der Waals surface area contributed by atoms with Crippen LogP contribution in [0.4, 0.5) is 5.82 Å². The minimum Gasteiger partial charge on any atom is -0.351 e. The van der Waals surface area contributed by atoms with Gasteiger partial charge in [0.15, 0.2) is 0 Å². The Morgan fingerprint density at radius 1 is 1.44 bits per heavy atom. The zero-order chi connectivity index (χ0) is 11.8. The van der Waals surface area contributed by atoms with Gasteiger partial charge in [0.25, 0.3) is 0 Å². The standard InChI is InChI=1S/C12H20N4/c1-4-5-12(13)7-16(8-12)11-10(3)14-6-9(2)15-11/h6H,4-5,7-8,13H2,1-3H3. The van der Waals surface area contributed by atoms with Crippen LogP contribution in [0.25, 0.3) is 0 Å². The van der Waals surface area contributed by atoms with Crippen molar-refractivity contribution in [2.24, 2.45) is 5.73 Å². The van der Waals surface area contributed by atoms with Crippen molar-refractivity contribution >= 4 is 5.82 Å². The molecule has 1 aromatic rings. The Balaban J connectivity index is 2.09. The topological polar surface area (TPSA) is 55.0 Å². The number of nitrogens with zero attached hydrogens (tertiary/aromatic N) is 3. The summed E-state index contributed by atoms with van der Waals surface area (Å²) in [5.74, 6) is 0.997. The maximum absolute atomic E-state index is 6.24. The van der Waals surface area contributed by atoms with Crippen molar-refractivity contribution in [3.63, 3.8) is 0 Å². The Bertz CT molecular complexity index is 383. The van der Waals surface area contributed by atoms with Crippen LogP contribution in [-0.2, 0) is 0 Å². The van der Waals surface area contributed by atoms with Crippen LogP contribution in [0.2, 0.25) is 0 Å². The fraction of sp³-hybridized carbons (Fsp3) is 0.667. The van der Waals surface area contributed by atoms with Gasteiger partial charge in [-0.2, -0.15) is 0 Å². The van der Waals surface area contributed by atoms with Crippen molar-refractivity contribution in [2.45, 2.75) is 39.2 Å².